The van der Waals surface area contributed by atoms with Gasteiger partial charge in [0.05, 0.1) is 0 Å². The highest BCUT2D eigenvalue weighted by Crippen LogP contribution is 2.03. The number of hydrogen-bond acceptors (Lipinski definition) is 4. The molecule has 96 valence electrons. The highest BCUT2D eigenvalue weighted by atomic mass is 16.0. The maximum absolute atomic E-state index is 8.16. The molecular formula is C14H14N4O. The molecule has 2 rings (SSSR count). The van der Waals surface area contributed by atoms with Crippen molar-refractivity contribution in [1.29, 1.82) is 10.5 Å². The molecule has 0 spiro atoms. The summed E-state index contributed by atoms with van der Waals surface area (Å²) in [5.41, 5.74) is 1.67. The standard InChI is InChI=1S/2C7H6N2.H2O/c2*8-6-9-7-4-2-1-3-5-7;/h2*1-5,9H;1H2. The first-order valence-corrected chi connectivity index (χ1v) is 5.27. The molecule has 0 aliphatic carbocycles. The Balaban J connectivity index is 0.000000324. The van der Waals surface area contributed by atoms with Crippen molar-refractivity contribution in [3.8, 4) is 12.4 Å². The topological polar surface area (TPSA) is 103 Å². The Morgan fingerprint density at radius 3 is 1.21 bits per heavy atom. The van der Waals surface area contributed by atoms with E-state index in [-0.39, 0.29) is 5.48 Å². The molecule has 2 aromatic rings. The molecule has 0 bridgehead atoms. The van der Waals surface area contributed by atoms with Crippen LogP contribution in [0.4, 0.5) is 11.4 Å². The van der Waals surface area contributed by atoms with E-state index in [1.54, 1.807) is 0 Å². The summed E-state index contributed by atoms with van der Waals surface area (Å²) in [6, 6.07) is 18.7. The second kappa shape index (κ2) is 10.2. The number of para-hydroxylation sites is 2. The fraction of sp³-hybridized carbons (Fsp3) is 0. The van der Waals surface area contributed by atoms with Crippen LogP contribution < -0.4 is 10.6 Å². The van der Waals surface area contributed by atoms with Gasteiger partial charge in [-0.15, -0.1) is 0 Å². The molecular weight excluding hydrogens is 240 g/mol. The van der Waals surface area contributed by atoms with Crippen LogP contribution in [0.3, 0.4) is 0 Å². The van der Waals surface area contributed by atoms with Crippen LogP contribution in [-0.2, 0) is 0 Å². The predicted molar refractivity (Wildman–Crippen MR) is 75.0 cm³/mol. The lowest BCUT2D eigenvalue weighted by Gasteiger charge is -1.91. The van der Waals surface area contributed by atoms with Crippen molar-refractivity contribution in [3.05, 3.63) is 60.7 Å². The van der Waals surface area contributed by atoms with Crippen LogP contribution in [0.15, 0.2) is 60.7 Å². The number of anilines is 2. The van der Waals surface area contributed by atoms with E-state index in [4.69, 9.17) is 10.5 Å². The zero-order valence-electron chi connectivity index (χ0n) is 10.2. The van der Waals surface area contributed by atoms with E-state index < -0.39 is 0 Å². The van der Waals surface area contributed by atoms with Crippen LogP contribution in [0.2, 0.25) is 0 Å². The molecule has 2 aromatic carbocycles. The van der Waals surface area contributed by atoms with Crippen molar-refractivity contribution < 1.29 is 5.48 Å². The van der Waals surface area contributed by atoms with Crippen molar-refractivity contribution in [2.75, 3.05) is 10.6 Å². The van der Waals surface area contributed by atoms with Crippen molar-refractivity contribution >= 4 is 11.4 Å². The molecule has 19 heavy (non-hydrogen) atoms. The zero-order chi connectivity index (χ0) is 13.1. The summed E-state index contributed by atoms with van der Waals surface area (Å²) in [6.07, 6.45) is 3.67. The first-order valence-electron chi connectivity index (χ1n) is 5.27. The van der Waals surface area contributed by atoms with E-state index in [2.05, 4.69) is 10.6 Å². The minimum Gasteiger partial charge on any atom is -0.412 e. The van der Waals surface area contributed by atoms with Crippen LogP contribution in [0.5, 0.6) is 0 Å². The molecule has 0 amide bonds. The van der Waals surface area contributed by atoms with E-state index in [9.17, 15) is 0 Å². The molecule has 0 atom stereocenters. The van der Waals surface area contributed by atoms with Gasteiger partial charge in [-0.2, -0.15) is 10.5 Å². The predicted octanol–water partition coefficient (Wildman–Crippen LogP) is 2.33. The number of rotatable bonds is 2. The van der Waals surface area contributed by atoms with Gasteiger partial charge in [0, 0.05) is 11.4 Å². The molecule has 0 heterocycles. The van der Waals surface area contributed by atoms with Gasteiger partial charge in [-0.25, -0.2) is 0 Å². The van der Waals surface area contributed by atoms with Gasteiger partial charge < -0.3 is 5.48 Å². The maximum atomic E-state index is 8.16. The summed E-state index contributed by atoms with van der Waals surface area (Å²) >= 11 is 0. The molecule has 0 saturated heterocycles. The van der Waals surface area contributed by atoms with Gasteiger partial charge in [-0.05, 0) is 24.3 Å². The second-order valence-corrected chi connectivity index (χ2v) is 3.21. The molecule has 5 heteroatoms. The monoisotopic (exact) mass is 254 g/mol. The summed E-state index contributed by atoms with van der Waals surface area (Å²) in [5, 5.41) is 21.3. The third-order valence-electron chi connectivity index (χ3n) is 1.95. The third kappa shape index (κ3) is 7.01. The first-order chi connectivity index (χ1) is 8.86. The SMILES string of the molecule is N#CNc1ccccc1.N#CNc1ccccc1.O. The average molecular weight is 254 g/mol. The van der Waals surface area contributed by atoms with Crippen molar-refractivity contribution in [1.82, 2.24) is 0 Å². The Kier molecular flexibility index (Phi) is 8.54. The number of nitrogens with zero attached hydrogens (tertiary/aromatic N) is 2. The number of nitriles is 2. The largest absolute Gasteiger partial charge is 0.412 e. The average Bonchev–Trinajstić information content (AvgIpc) is 2.43. The molecule has 0 aliphatic rings. The Morgan fingerprint density at radius 1 is 0.632 bits per heavy atom. The second-order valence-electron chi connectivity index (χ2n) is 3.21. The Hall–Kier alpha value is -3.02. The minimum absolute atomic E-state index is 0. The molecule has 5 nitrogen and oxygen atoms in total. The van der Waals surface area contributed by atoms with E-state index >= 15 is 0 Å². The van der Waals surface area contributed by atoms with Crippen molar-refractivity contribution in [2.24, 2.45) is 0 Å². The number of benzene rings is 2. The van der Waals surface area contributed by atoms with Crippen LogP contribution in [0.1, 0.15) is 0 Å². The van der Waals surface area contributed by atoms with Crippen molar-refractivity contribution in [3.63, 3.8) is 0 Å². The Labute approximate surface area is 112 Å². The van der Waals surface area contributed by atoms with Gasteiger partial charge in [0.25, 0.3) is 0 Å². The summed E-state index contributed by atoms with van der Waals surface area (Å²) in [5.74, 6) is 0. The molecule has 0 fully saturated rings. The minimum atomic E-state index is 0. The quantitative estimate of drug-likeness (QED) is 0.634. The zero-order valence-corrected chi connectivity index (χ0v) is 10.2. The Morgan fingerprint density at radius 2 is 0.947 bits per heavy atom. The highest BCUT2D eigenvalue weighted by molar-refractivity contribution is 5.46. The smallest absolute Gasteiger partial charge is 0.181 e. The summed E-state index contributed by atoms with van der Waals surface area (Å²) in [7, 11) is 0. The van der Waals surface area contributed by atoms with E-state index in [0.29, 0.717) is 0 Å². The van der Waals surface area contributed by atoms with Gasteiger partial charge >= 0.3 is 0 Å². The maximum Gasteiger partial charge on any atom is 0.181 e. The molecule has 0 radical (unpaired) electrons. The summed E-state index contributed by atoms with van der Waals surface area (Å²) < 4.78 is 0. The highest BCUT2D eigenvalue weighted by Gasteiger charge is 1.82. The van der Waals surface area contributed by atoms with Gasteiger partial charge in [0.15, 0.2) is 12.4 Å². The molecule has 0 saturated carbocycles. The van der Waals surface area contributed by atoms with Gasteiger partial charge in [0.1, 0.15) is 0 Å². The van der Waals surface area contributed by atoms with Gasteiger partial charge in [0.2, 0.25) is 0 Å². The normalized spacial score (nSPS) is 7.47. The molecule has 4 N–H and O–H groups in total. The van der Waals surface area contributed by atoms with E-state index in [1.807, 2.05) is 73.0 Å². The lowest BCUT2D eigenvalue weighted by molar-refractivity contribution is 0.824. The summed E-state index contributed by atoms with van der Waals surface area (Å²) in [4.78, 5) is 0. The van der Waals surface area contributed by atoms with Crippen LogP contribution in [0, 0.1) is 22.9 Å². The van der Waals surface area contributed by atoms with E-state index in [1.165, 1.54) is 0 Å². The van der Waals surface area contributed by atoms with E-state index in [0.717, 1.165) is 11.4 Å². The number of nitrogens with one attached hydrogen (secondary N) is 2. The molecule has 0 aliphatic heterocycles. The van der Waals surface area contributed by atoms with Crippen molar-refractivity contribution in [2.45, 2.75) is 0 Å². The fourth-order valence-electron chi connectivity index (χ4n) is 1.17. The summed E-state index contributed by atoms with van der Waals surface area (Å²) in [6.45, 7) is 0. The Bertz CT molecular complexity index is 477. The fourth-order valence-corrected chi connectivity index (χ4v) is 1.17. The van der Waals surface area contributed by atoms with Crippen LogP contribution >= 0.6 is 0 Å². The lowest BCUT2D eigenvalue weighted by atomic mass is 10.3. The molecule has 0 unspecified atom stereocenters. The van der Waals surface area contributed by atoms with Gasteiger partial charge in [-0.3, -0.25) is 10.6 Å². The first kappa shape index (κ1) is 16.0. The van der Waals surface area contributed by atoms with Crippen LogP contribution in [-0.4, -0.2) is 5.48 Å². The van der Waals surface area contributed by atoms with Crippen LogP contribution in [0.25, 0.3) is 0 Å². The van der Waals surface area contributed by atoms with Gasteiger partial charge in [-0.1, -0.05) is 36.4 Å². The number of hydrogen-bond donors (Lipinski definition) is 2. The molecule has 0 aromatic heterocycles. The third-order valence-corrected chi connectivity index (χ3v) is 1.95. The lowest BCUT2D eigenvalue weighted by Crippen LogP contribution is -1.83.